The van der Waals surface area contributed by atoms with Crippen LogP contribution in [0.3, 0.4) is 0 Å². The average molecular weight is 324 g/mol. The van der Waals surface area contributed by atoms with Crippen LogP contribution in [0.15, 0.2) is 41.5 Å². The number of fused-ring (bicyclic) bond motifs is 1. The average Bonchev–Trinajstić information content (AvgIpc) is 3.15. The first-order chi connectivity index (χ1) is 11.3. The highest BCUT2D eigenvalue weighted by Gasteiger charge is 2.27. The van der Waals surface area contributed by atoms with Crippen LogP contribution in [0.5, 0.6) is 0 Å². The second-order valence-electron chi connectivity index (χ2n) is 5.77. The fourth-order valence-corrected chi connectivity index (χ4v) is 3.61. The molecule has 0 unspecified atom stereocenters. The SMILES string of the molecule is O=C(c1cscn1)N1CCC[C@@H](c2cc3ncccc3cn2)C1. The molecule has 4 heterocycles. The number of pyridine rings is 2. The molecule has 1 aliphatic rings. The highest BCUT2D eigenvalue weighted by Crippen LogP contribution is 2.27. The Kier molecular flexibility index (Phi) is 3.75. The maximum Gasteiger partial charge on any atom is 0.273 e. The Morgan fingerprint density at radius 1 is 1.30 bits per heavy atom. The zero-order valence-corrected chi connectivity index (χ0v) is 13.4. The van der Waals surface area contributed by atoms with E-state index in [0.717, 1.165) is 36.0 Å². The molecule has 1 saturated heterocycles. The van der Waals surface area contributed by atoms with Gasteiger partial charge in [0.2, 0.25) is 0 Å². The molecule has 6 heteroatoms. The van der Waals surface area contributed by atoms with Crippen LogP contribution in [-0.4, -0.2) is 38.8 Å². The summed E-state index contributed by atoms with van der Waals surface area (Å²) in [5, 5.41) is 2.85. The van der Waals surface area contributed by atoms with Gasteiger partial charge in [0.15, 0.2) is 0 Å². The summed E-state index contributed by atoms with van der Waals surface area (Å²) in [6.45, 7) is 1.49. The highest BCUT2D eigenvalue weighted by molar-refractivity contribution is 7.07. The van der Waals surface area contributed by atoms with Crippen LogP contribution in [0.2, 0.25) is 0 Å². The van der Waals surface area contributed by atoms with Gasteiger partial charge in [-0.05, 0) is 31.0 Å². The number of thiazole rings is 1. The number of carbonyl (C=O) groups is 1. The van der Waals surface area contributed by atoms with Crippen LogP contribution < -0.4 is 0 Å². The smallest absolute Gasteiger partial charge is 0.273 e. The number of hydrogen-bond acceptors (Lipinski definition) is 5. The molecule has 3 aromatic heterocycles. The van der Waals surface area contributed by atoms with E-state index in [1.807, 2.05) is 28.6 Å². The molecule has 4 rings (SSSR count). The molecular weight excluding hydrogens is 308 g/mol. The molecule has 0 radical (unpaired) electrons. The lowest BCUT2D eigenvalue weighted by atomic mass is 9.93. The van der Waals surface area contributed by atoms with Gasteiger partial charge in [-0.15, -0.1) is 11.3 Å². The van der Waals surface area contributed by atoms with E-state index in [2.05, 4.69) is 21.0 Å². The number of amides is 1. The Morgan fingerprint density at radius 2 is 2.26 bits per heavy atom. The molecule has 0 saturated carbocycles. The van der Waals surface area contributed by atoms with Crippen molar-refractivity contribution in [2.75, 3.05) is 13.1 Å². The van der Waals surface area contributed by atoms with E-state index in [0.29, 0.717) is 12.2 Å². The molecule has 0 bridgehead atoms. The summed E-state index contributed by atoms with van der Waals surface area (Å²) in [5.74, 6) is 0.285. The quantitative estimate of drug-likeness (QED) is 0.727. The summed E-state index contributed by atoms with van der Waals surface area (Å²) in [5.41, 5.74) is 4.22. The van der Waals surface area contributed by atoms with Crippen molar-refractivity contribution in [3.63, 3.8) is 0 Å². The van der Waals surface area contributed by atoms with Crippen LogP contribution in [-0.2, 0) is 0 Å². The minimum Gasteiger partial charge on any atom is -0.337 e. The molecule has 1 atom stereocenters. The Morgan fingerprint density at radius 3 is 3.13 bits per heavy atom. The first kappa shape index (κ1) is 14.3. The van der Waals surface area contributed by atoms with E-state index in [9.17, 15) is 4.79 Å². The van der Waals surface area contributed by atoms with Crippen molar-refractivity contribution in [2.45, 2.75) is 18.8 Å². The summed E-state index contributed by atoms with van der Waals surface area (Å²) in [7, 11) is 0. The van der Waals surface area contributed by atoms with Crippen molar-refractivity contribution < 1.29 is 4.79 Å². The number of piperidine rings is 1. The maximum atomic E-state index is 12.5. The van der Waals surface area contributed by atoms with Crippen LogP contribution >= 0.6 is 11.3 Å². The monoisotopic (exact) mass is 324 g/mol. The predicted octanol–water partition coefficient (Wildman–Crippen LogP) is 3.11. The van der Waals surface area contributed by atoms with Gasteiger partial charge in [0, 0.05) is 47.9 Å². The minimum atomic E-state index is 0.0230. The number of carbonyl (C=O) groups excluding carboxylic acids is 1. The fourth-order valence-electron chi connectivity index (χ4n) is 3.09. The third kappa shape index (κ3) is 2.82. The van der Waals surface area contributed by atoms with Crippen LogP contribution in [0.25, 0.3) is 10.9 Å². The molecule has 23 heavy (non-hydrogen) atoms. The van der Waals surface area contributed by atoms with Gasteiger partial charge in [-0.2, -0.15) is 0 Å². The summed E-state index contributed by atoms with van der Waals surface area (Å²) in [6, 6.07) is 5.98. The lowest BCUT2D eigenvalue weighted by Gasteiger charge is -2.32. The Balaban J connectivity index is 1.57. The van der Waals surface area contributed by atoms with Gasteiger partial charge in [0.25, 0.3) is 5.91 Å². The van der Waals surface area contributed by atoms with Crippen molar-refractivity contribution in [3.05, 3.63) is 52.9 Å². The molecule has 0 aliphatic carbocycles. The van der Waals surface area contributed by atoms with E-state index in [-0.39, 0.29) is 11.8 Å². The van der Waals surface area contributed by atoms with Gasteiger partial charge >= 0.3 is 0 Å². The molecule has 0 spiro atoms. The second-order valence-corrected chi connectivity index (χ2v) is 6.49. The number of hydrogen-bond donors (Lipinski definition) is 0. The van der Waals surface area contributed by atoms with E-state index in [1.54, 1.807) is 11.7 Å². The zero-order chi connectivity index (χ0) is 15.6. The summed E-state index contributed by atoms with van der Waals surface area (Å²) < 4.78 is 0. The van der Waals surface area contributed by atoms with Crippen molar-refractivity contribution >= 4 is 28.1 Å². The second kappa shape index (κ2) is 6.04. The molecule has 1 aliphatic heterocycles. The topological polar surface area (TPSA) is 59.0 Å². The first-order valence-corrected chi connectivity index (χ1v) is 8.64. The van der Waals surface area contributed by atoms with Crippen molar-refractivity contribution in [3.8, 4) is 0 Å². The van der Waals surface area contributed by atoms with E-state index in [1.165, 1.54) is 11.3 Å². The van der Waals surface area contributed by atoms with Crippen molar-refractivity contribution in [1.29, 1.82) is 0 Å². The van der Waals surface area contributed by atoms with Gasteiger partial charge in [-0.25, -0.2) is 4.98 Å². The van der Waals surface area contributed by atoms with Crippen LogP contribution in [0.1, 0.15) is 34.9 Å². The Hall–Kier alpha value is -2.34. The highest BCUT2D eigenvalue weighted by atomic mass is 32.1. The van der Waals surface area contributed by atoms with Crippen LogP contribution in [0.4, 0.5) is 0 Å². The maximum absolute atomic E-state index is 12.5. The summed E-state index contributed by atoms with van der Waals surface area (Å²) in [6.07, 6.45) is 5.71. The van der Waals surface area contributed by atoms with Crippen LogP contribution in [0, 0.1) is 0 Å². The van der Waals surface area contributed by atoms with Gasteiger partial charge < -0.3 is 4.90 Å². The first-order valence-electron chi connectivity index (χ1n) is 7.69. The molecule has 3 aromatic rings. The normalized spacial score (nSPS) is 18.3. The molecule has 116 valence electrons. The largest absolute Gasteiger partial charge is 0.337 e. The molecule has 0 aromatic carbocycles. The third-order valence-corrected chi connectivity index (χ3v) is 4.87. The summed E-state index contributed by atoms with van der Waals surface area (Å²) >= 11 is 1.45. The van der Waals surface area contributed by atoms with Gasteiger partial charge in [-0.3, -0.25) is 14.8 Å². The van der Waals surface area contributed by atoms with Crippen molar-refractivity contribution in [1.82, 2.24) is 19.9 Å². The lowest BCUT2D eigenvalue weighted by Crippen LogP contribution is -2.39. The predicted molar refractivity (Wildman–Crippen MR) is 89.5 cm³/mol. The lowest BCUT2D eigenvalue weighted by molar-refractivity contribution is 0.0701. The Labute approximate surface area is 138 Å². The van der Waals surface area contributed by atoms with Gasteiger partial charge in [0.05, 0.1) is 11.0 Å². The number of aromatic nitrogens is 3. The standard InChI is InChI=1S/C17H16N4OS/c22-17(16-10-23-11-20-16)21-6-2-4-13(9-21)15-7-14-12(8-19-15)3-1-5-18-14/h1,3,5,7-8,10-11,13H,2,4,6,9H2/t13-/m1/s1. The molecule has 5 nitrogen and oxygen atoms in total. The molecule has 0 N–H and O–H groups in total. The third-order valence-electron chi connectivity index (χ3n) is 4.29. The zero-order valence-electron chi connectivity index (χ0n) is 12.6. The van der Waals surface area contributed by atoms with Crippen molar-refractivity contribution in [2.24, 2.45) is 0 Å². The molecular formula is C17H16N4OS. The van der Waals surface area contributed by atoms with E-state index >= 15 is 0 Å². The molecule has 1 fully saturated rings. The van der Waals surface area contributed by atoms with E-state index in [4.69, 9.17) is 0 Å². The summed E-state index contributed by atoms with van der Waals surface area (Å²) in [4.78, 5) is 27.5. The van der Waals surface area contributed by atoms with Gasteiger partial charge in [0.1, 0.15) is 5.69 Å². The van der Waals surface area contributed by atoms with Gasteiger partial charge in [-0.1, -0.05) is 0 Å². The number of nitrogens with zero attached hydrogens (tertiary/aromatic N) is 4. The van der Waals surface area contributed by atoms with E-state index < -0.39 is 0 Å². The Bertz CT molecular complexity index is 833. The fraction of sp³-hybridized carbons (Fsp3) is 0.294. The minimum absolute atomic E-state index is 0.0230. The number of likely N-dealkylation sites (tertiary alicyclic amines) is 1. The number of rotatable bonds is 2. The molecule has 1 amide bonds.